The number of hydrogen-bond donors (Lipinski definition) is 0. The second-order valence-corrected chi connectivity index (χ2v) is 7.52. The van der Waals surface area contributed by atoms with E-state index in [4.69, 9.17) is 9.47 Å². The van der Waals surface area contributed by atoms with Gasteiger partial charge < -0.3 is 14.4 Å². The molecule has 1 aliphatic rings. The summed E-state index contributed by atoms with van der Waals surface area (Å²) in [6, 6.07) is 1.74. The molecule has 24 heavy (non-hydrogen) atoms. The lowest BCUT2D eigenvalue weighted by molar-refractivity contribution is -0.0104. The summed E-state index contributed by atoms with van der Waals surface area (Å²) in [6.45, 7) is 9.22. The number of piperazine rings is 1. The van der Waals surface area contributed by atoms with E-state index >= 15 is 0 Å². The van der Waals surface area contributed by atoms with Crippen molar-refractivity contribution in [2.24, 2.45) is 0 Å². The molecule has 0 spiro atoms. The molecular weight excluding hydrogens is 381 g/mol. The van der Waals surface area contributed by atoms with Crippen LogP contribution < -0.4 is 4.90 Å². The molecule has 0 amide bonds. The molecule has 134 valence electrons. The number of hydrogen-bond acceptors (Lipinski definition) is 6. The van der Waals surface area contributed by atoms with Gasteiger partial charge in [-0.3, -0.25) is 4.90 Å². The number of rotatable bonds is 4. The summed E-state index contributed by atoms with van der Waals surface area (Å²) in [7, 11) is 0. The predicted octanol–water partition coefficient (Wildman–Crippen LogP) is 3.06. The Morgan fingerprint density at radius 1 is 1.33 bits per heavy atom. The maximum Gasteiger partial charge on any atom is 0.508 e. The number of aromatic nitrogens is 1. The Hall–Kier alpha value is -1.41. The lowest BCUT2D eigenvalue weighted by Gasteiger charge is -2.35. The maximum atomic E-state index is 13.8. The third-order valence-corrected chi connectivity index (χ3v) is 3.95. The van der Waals surface area contributed by atoms with Gasteiger partial charge in [0.05, 0.1) is 5.69 Å². The Morgan fingerprint density at radius 2 is 2.00 bits per heavy atom. The van der Waals surface area contributed by atoms with Crippen LogP contribution in [0.5, 0.6) is 0 Å². The number of carbonyl (C=O) groups is 1. The maximum absolute atomic E-state index is 13.8. The highest BCUT2D eigenvalue weighted by Crippen LogP contribution is 2.23. The van der Waals surface area contributed by atoms with Crippen LogP contribution in [-0.4, -0.2) is 61.0 Å². The smallest absolute Gasteiger partial charge is 0.433 e. The Labute approximate surface area is 150 Å². The summed E-state index contributed by atoms with van der Waals surface area (Å²) in [4.78, 5) is 19.4. The van der Waals surface area contributed by atoms with Crippen molar-refractivity contribution in [2.75, 3.05) is 44.2 Å². The van der Waals surface area contributed by atoms with Crippen molar-refractivity contribution in [2.45, 2.75) is 26.4 Å². The molecule has 0 N–H and O–H groups in total. The first-order valence-electron chi connectivity index (χ1n) is 7.89. The van der Waals surface area contributed by atoms with Gasteiger partial charge in [0, 0.05) is 43.4 Å². The van der Waals surface area contributed by atoms with Crippen molar-refractivity contribution in [1.82, 2.24) is 9.88 Å². The topological polar surface area (TPSA) is 54.9 Å². The van der Waals surface area contributed by atoms with Gasteiger partial charge in [0.15, 0.2) is 0 Å². The summed E-state index contributed by atoms with van der Waals surface area (Å²) in [5.41, 5.74) is -0.0425. The van der Waals surface area contributed by atoms with Crippen LogP contribution in [0.2, 0.25) is 0 Å². The van der Waals surface area contributed by atoms with Gasteiger partial charge in [-0.25, -0.2) is 9.78 Å². The van der Waals surface area contributed by atoms with E-state index in [1.807, 2.05) is 4.90 Å². The van der Waals surface area contributed by atoms with Crippen molar-refractivity contribution in [1.29, 1.82) is 0 Å². The second kappa shape index (κ2) is 8.11. The zero-order chi connectivity index (χ0) is 17.7. The molecule has 0 radical (unpaired) electrons. The van der Waals surface area contributed by atoms with Crippen LogP contribution in [0, 0.1) is 5.95 Å². The van der Waals surface area contributed by atoms with Crippen molar-refractivity contribution in [3.8, 4) is 0 Å². The van der Waals surface area contributed by atoms with E-state index in [1.54, 1.807) is 26.8 Å². The monoisotopic (exact) mass is 403 g/mol. The molecule has 1 fully saturated rings. The summed E-state index contributed by atoms with van der Waals surface area (Å²) < 4.78 is 24.7. The van der Waals surface area contributed by atoms with E-state index in [-0.39, 0.29) is 6.61 Å². The third kappa shape index (κ3) is 5.90. The molecule has 1 saturated heterocycles. The summed E-state index contributed by atoms with van der Waals surface area (Å²) in [5.74, 6) is -0.458. The van der Waals surface area contributed by atoms with Crippen LogP contribution >= 0.6 is 15.9 Å². The fourth-order valence-electron chi connectivity index (χ4n) is 2.38. The van der Waals surface area contributed by atoms with E-state index in [2.05, 4.69) is 25.8 Å². The number of halogens is 2. The van der Waals surface area contributed by atoms with Gasteiger partial charge in [-0.05, 0) is 42.8 Å². The molecule has 1 aromatic rings. The highest BCUT2D eigenvalue weighted by molar-refractivity contribution is 9.10. The molecule has 0 saturated carbocycles. The van der Waals surface area contributed by atoms with Gasteiger partial charge in [-0.15, -0.1) is 0 Å². The SMILES string of the molecule is CC(C)(C)OC(=O)OCCN1CCN(c2cc(Br)cnc2F)CC1. The van der Waals surface area contributed by atoms with Crippen molar-refractivity contribution in [3.63, 3.8) is 0 Å². The van der Waals surface area contributed by atoms with Crippen molar-refractivity contribution in [3.05, 3.63) is 22.7 Å². The predicted molar refractivity (Wildman–Crippen MR) is 92.7 cm³/mol. The summed E-state index contributed by atoms with van der Waals surface area (Å²) in [5, 5.41) is 0. The third-order valence-electron chi connectivity index (χ3n) is 3.52. The van der Waals surface area contributed by atoms with Gasteiger partial charge in [0.2, 0.25) is 5.95 Å². The average molecular weight is 404 g/mol. The van der Waals surface area contributed by atoms with Crippen LogP contribution in [0.4, 0.5) is 14.9 Å². The van der Waals surface area contributed by atoms with Gasteiger partial charge in [-0.2, -0.15) is 4.39 Å². The van der Waals surface area contributed by atoms with E-state index in [1.165, 1.54) is 6.20 Å². The number of ether oxygens (including phenoxy) is 2. The molecule has 0 aliphatic carbocycles. The Balaban J connectivity index is 1.73. The first-order chi connectivity index (χ1) is 11.2. The molecule has 1 aliphatic heterocycles. The molecular formula is C16H23BrFN3O3. The molecule has 8 heteroatoms. The molecule has 2 rings (SSSR count). The number of pyridine rings is 1. The Bertz CT molecular complexity index is 572. The van der Waals surface area contributed by atoms with Gasteiger partial charge in [-0.1, -0.05) is 0 Å². The molecule has 0 bridgehead atoms. The van der Waals surface area contributed by atoms with E-state index in [9.17, 15) is 9.18 Å². The Kier molecular flexibility index (Phi) is 6.40. The highest BCUT2D eigenvalue weighted by atomic mass is 79.9. The fourth-order valence-corrected chi connectivity index (χ4v) is 2.70. The first kappa shape index (κ1) is 18.9. The van der Waals surface area contributed by atoms with Gasteiger partial charge >= 0.3 is 6.16 Å². The van der Waals surface area contributed by atoms with Crippen molar-refractivity contribution >= 4 is 27.8 Å². The average Bonchev–Trinajstić information content (AvgIpc) is 2.49. The molecule has 1 aromatic heterocycles. The van der Waals surface area contributed by atoms with Crippen LogP contribution in [0.3, 0.4) is 0 Å². The number of carbonyl (C=O) groups excluding carboxylic acids is 1. The second-order valence-electron chi connectivity index (χ2n) is 6.61. The van der Waals surface area contributed by atoms with Crippen LogP contribution in [0.1, 0.15) is 20.8 Å². The minimum atomic E-state index is -0.650. The molecule has 0 unspecified atom stereocenters. The quantitative estimate of drug-likeness (QED) is 0.568. The van der Waals surface area contributed by atoms with E-state index < -0.39 is 17.7 Å². The lowest BCUT2D eigenvalue weighted by Crippen LogP contribution is -2.47. The van der Waals surface area contributed by atoms with Gasteiger partial charge in [0.1, 0.15) is 12.2 Å². The normalized spacial score (nSPS) is 16.1. The standard InChI is InChI=1S/C16H23BrFN3O3/c1-16(2,3)24-15(22)23-9-8-20-4-6-21(7-5-20)13-10-12(17)11-19-14(13)18/h10-11H,4-9H2,1-3H3. The summed E-state index contributed by atoms with van der Waals surface area (Å²) >= 11 is 3.32. The number of anilines is 1. The van der Waals surface area contributed by atoms with E-state index in [0.717, 1.165) is 17.6 Å². The largest absolute Gasteiger partial charge is 0.508 e. The first-order valence-corrected chi connectivity index (χ1v) is 8.68. The molecule has 0 atom stereocenters. The van der Waals surface area contributed by atoms with Crippen LogP contribution in [0.25, 0.3) is 0 Å². The molecule has 0 aromatic carbocycles. The fraction of sp³-hybridized carbons (Fsp3) is 0.625. The highest BCUT2D eigenvalue weighted by Gasteiger charge is 2.21. The molecule has 2 heterocycles. The van der Waals surface area contributed by atoms with E-state index in [0.29, 0.717) is 25.3 Å². The minimum Gasteiger partial charge on any atom is -0.433 e. The molecule has 6 nitrogen and oxygen atoms in total. The van der Waals surface area contributed by atoms with Gasteiger partial charge in [0.25, 0.3) is 0 Å². The zero-order valence-electron chi connectivity index (χ0n) is 14.2. The van der Waals surface area contributed by atoms with Crippen molar-refractivity contribution < 1.29 is 18.7 Å². The summed E-state index contributed by atoms with van der Waals surface area (Å²) in [6.07, 6.45) is 0.798. The van der Waals surface area contributed by atoms with Crippen LogP contribution in [-0.2, 0) is 9.47 Å². The van der Waals surface area contributed by atoms with Crippen LogP contribution in [0.15, 0.2) is 16.7 Å². The lowest BCUT2D eigenvalue weighted by atomic mass is 10.2. The zero-order valence-corrected chi connectivity index (χ0v) is 15.8. The Morgan fingerprint density at radius 3 is 2.62 bits per heavy atom. The number of nitrogens with zero attached hydrogens (tertiary/aromatic N) is 3. The minimum absolute atomic E-state index is 0.279.